The molecule has 0 radical (unpaired) electrons. The van der Waals surface area contributed by atoms with Crippen molar-refractivity contribution in [3.05, 3.63) is 36.5 Å². The van der Waals surface area contributed by atoms with Crippen LogP contribution in [0.5, 0.6) is 0 Å². The van der Waals surface area contributed by atoms with E-state index < -0.39 is 0 Å². The van der Waals surface area contributed by atoms with Gasteiger partial charge < -0.3 is 0 Å². The Kier molecular flexibility index (Phi) is 4.61. The van der Waals surface area contributed by atoms with Crippen molar-refractivity contribution >= 4 is 11.9 Å². The van der Waals surface area contributed by atoms with Crippen molar-refractivity contribution in [2.24, 2.45) is 0 Å². The summed E-state index contributed by atoms with van der Waals surface area (Å²) in [6, 6.07) is 10.7. The lowest BCUT2D eigenvalue weighted by Gasteiger charge is -2.21. The minimum Gasteiger partial charge on any atom is -0.254 e. The van der Waals surface area contributed by atoms with E-state index in [-0.39, 0.29) is 0 Å². The summed E-state index contributed by atoms with van der Waals surface area (Å²) in [5.41, 5.74) is 1.94. The molecular weight excluding hydrogens is 268 g/mol. The maximum atomic E-state index is 4.55. The first-order valence-corrected chi connectivity index (χ1v) is 7.91. The van der Waals surface area contributed by atoms with Crippen LogP contribution in [0.3, 0.4) is 0 Å². The Morgan fingerprint density at radius 1 is 1.05 bits per heavy atom. The number of benzene rings is 1. The molecule has 0 atom stereocenters. The molecule has 0 saturated heterocycles. The maximum absolute atomic E-state index is 4.55. The highest BCUT2D eigenvalue weighted by molar-refractivity contribution is 7.97. The molecule has 1 aromatic heterocycles. The monoisotopic (exact) mass is 286 g/mol. The van der Waals surface area contributed by atoms with Crippen LogP contribution in [-0.4, -0.2) is 21.2 Å². The average Bonchev–Trinajstić information content (AvgIpc) is 2.55. The summed E-state index contributed by atoms with van der Waals surface area (Å²) < 4.78 is 3.47. The van der Waals surface area contributed by atoms with Gasteiger partial charge in [0.1, 0.15) is 0 Å². The Labute approximate surface area is 123 Å². The molecule has 1 N–H and O–H groups in total. The van der Waals surface area contributed by atoms with Gasteiger partial charge in [0, 0.05) is 11.6 Å². The van der Waals surface area contributed by atoms with Crippen molar-refractivity contribution < 1.29 is 0 Å². The van der Waals surface area contributed by atoms with Crippen molar-refractivity contribution in [2.75, 3.05) is 0 Å². The second-order valence-corrected chi connectivity index (χ2v) is 5.85. The smallest absolute Gasteiger partial charge is 0.224 e. The van der Waals surface area contributed by atoms with Gasteiger partial charge >= 0.3 is 0 Å². The lowest BCUT2D eigenvalue weighted by molar-refractivity contribution is 0.423. The molecule has 4 nitrogen and oxygen atoms in total. The maximum Gasteiger partial charge on any atom is 0.224 e. The van der Waals surface area contributed by atoms with Crippen molar-refractivity contribution in [1.29, 1.82) is 0 Å². The molecule has 3 rings (SSSR count). The first-order chi connectivity index (χ1) is 9.92. The summed E-state index contributed by atoms with van der Waals surface area (Å²) in [7, 11) is 0. The van der Waals surface area contributed by atoms with Crippen LogP contribution in [0.15, 0.2) is 41.7 Å². The van der Waals surface area contributed by atoms with Crippen LogP contribution in [-0.2, 0) is 0 Å². The van der Waals surface area contributed by atoms with Crippen molar-refractivity contribution in [3.63, 3.8) is 0 Å². The van der Waals surface area contributed by atoms with Gasteiger partial charge in [-0.15, -0.1) is 5.10 Å². The van der Waals surface area contributed by atoms with Gasteiger partial charge in [-0.2, -0.15) is 5.10 Å². The number of nitrogens with one attached hydrogen (secondary N) is 1. The lowest BCUT2D eigenvalue weighted by Crippen LogP contribution is -2.25. The molecule has 1 aliphatic carbocycles. The molecule has 104 valence electrons. The van der Waals surface area contributed by atoms with Crippen molar-refractivity contribution in [3.8, 4) is 11.3 Å². The minimum atomic E-state index is 0.581. The third-order valence-electron chi connectivity index (χ3n) is 3.53. The first kappa shape index (κ1) is 13.5. The highest BCUT2D eigenvalue weighted by atomic mass is 32.2. The first-order valence-electron chi connectivity index (χ1n) is 7.09. The standard InChI is InChI=1S/C15H18N4S/c1-3-7-12(8-4-1)14-11-16-18-15(17-14)20-19-13-9-5-2-6-10-13/h1,3-4,7-8,11,13,19H,2,5-6,9-10H2. The fraction of sp³-hybridized carbons (Fsp3) is 0.400. The van der Waals surface area contributed by atoms with Gasteiger partial charge in [0.25, 0.3) is 0 Å². The summed E-state index contributed by atoms with van der Waals surface area (Å²) in [6.45, 7) is 0. The van der Waals surface area contributed by atoms with Crippen LogP contribution in [0.25, 0.3) is 11.3 Å². The van der Waals surface area contributed by atoms with Gasteiger partial charge in [-0.05, 0) is 24.8 Å². The van der Waals surface area contributed by atoms with E-state index in [0.29, 0.717) is 11.2 Å². The lowest BCUT2D eigenvalue weighted by atomic mass is 9.96. The van der Waals surface area contributed by atoms with Crippen LogP contribution in [0, 0.1) is 0 Å². The topological polar surface area (TPSA) is 50.7 Å². The summed E-state index contributed by atoms with van der Waals surface area (Å²) in [5, 5.41) is 8.83. The number of rotatable bonds is 4. The third kappa shape index (κ3) is 3.55. The van der Waals surface area contributed by atoms with E-state index in [1.807, 2.05) is 30.3 Å². The Morgan fingerprint density at radius 3 is 2.65 bits per heavy atom. The molecule has 2 aromatic rings. The zero-order valence-corrected chi connectivity index (χ0v) is 12.1. The van der Waals surface area contributed by atoms with Crippen LogP contribution in [0.2, 0.25) is 0 Å². The summed E-state index contributed by atoms with van der Waals surface area (Å²) >= 11 is 1.50. The second kappa shape index (κ2) is 6.81. The zero-order chi connectivity index (χ0) is 13.6. The van der Waals surface area contributed by atoms with Crippen LogP contribution in [0.4, 0.5) is 0 Å². The predicted molar refractivity (Wildman–Crippen MR) is 81.1 cm³/mol. The van der Waals surface area contributed by atoms with E-state index in [9.17, 15) is 0 Å². The van der Waals surface area contributed by atoms with Crippen LogP contribution < -0.4 is 4.72 Å². The largest absolute Gasteiger partial charge is 0.254 e. The van der Waals surface area contributed by atoms with Crippen LogP contribution in [0.1, 0.15) is 32.1 Å². The van der Waals surface area contributed by atoms with Gasteiger partial charge in [-0.3, -0.25) is 4.72 Å². The molecule has 0 unspecified atom stereocenters. The van der Waals surface area contributed by atoms with E-state index in [0.717, 1.165) is 11.3 Å². The third-order valence-corrected chi connectivity index (χ3v) is 4.34. The van der Waals surface area contributed by atoms with Crippen molar-refractivity contribution in [2.45, 2.75) is 43.3 Å². The Bertz CT molecular complexity index is 541. The van der Waals surface area contributed by atoms with Crippen LogP contribution >= 0.6 is 11.9 Å². The van der Waals surface area contributed by atoms with E-state index in [4.69, 9.17) is 0 Å². The van der Waals surface area contributed by atoms with E-state index in [1.54, 1.807) is 6.20 Å². The normalized spacial score (nSPS) is 16.2. The van der Waals surface area contributed by atoms with Crippen molar-refractivity contribution in [1.82, 2.24) is 19.9 Å². The number of hydrogen-bond acceptors (Lipinski definition) is 5. The zero-order valence-electron chi connectivity index (χ0n) is 11.3. The predicted octanol–water partition coefficient (Wildman–Crippen LogP) is 3.47. The molecule has 0 aliphatic heterocycles. The Morgan fingerprint density at radius 2 is 1.85 bits per heavy atom. The molecule has 20 heavy (non-hydrogen) atoms. The highest BCUT2D eigenvalue weighted by Crippen LogP contribution is 2.22. The molecule has 5 heteroatoms. The molecule has 1 fully saturated rings. The van der Waals surface area contributed by atoms with Gasteiger partial charge in [-0.25, -0.2) is 4.98 Å². The van der Waals surface area contributed by atoms with Gasteiger partial charge in [0.15, 0.2) is 0 Å². The molecule has 1 aromatic carbocycles. The Balaban J connectivity index is 1.65. The van der Waals surface area contributed by atoms with E-state index in [2.05, 4.69) is 19.9 Å². The molecule has 0 spiro atoms. The molecule has 1 aliphatic rings. The average molecular weight is 286 g/mol. The highest BCUT2D eigenvalue weighted by Gasteiger charge is 2.14. The summed E-state index contributed by atoms with van der Waals surface area (Å²) in [5.74, 6) is 0. The number of hydrogen-bond donors (Lipinski definition) is 1. The molecule has 0 amide bonds. The fourth-order valence-corrected chi connectivity index (χ4v) is 3.17. The van der Waals surface area contributed by atoms with Gasteiger partial charge in [0.05, 0.1) is 11.9 Å². The molecule has 1 saturated carbocycles. The molecule has 0 bridgehead atoms. The second-order valence-electron chi connectivity index (χ2n) is 5.05. The number of nitrogens with zero attached hydrogens (tertiary/aromatic N) is 3. The fourth-order valence-electron chi connectivity index (χ4n) is 2.43. The summed E-state index contributed by atoms with van der Waals surface area (Å²) in [4.78, 5) is 4.55. The van der Waals surface area contributed by atoms with E-state index in [1.165, 1.54) is 44.1 Å². The number of aromatic nitrogens is 3. The van der Waals surface area contributed by atoms with E-state index >= 15 is 0 Å². The minimum absolute atomic E-state index is 0.581. The molecule has 1 heterocycles. The SMILES string of the molecule is c1ccc(-c2cnnc(SNC3CCCCC3)n2)cc1. The quantitative estimate of drug-likeness (QED) is 0.872. The molecular formula is C15H18N4S. The Hall–Kier alpha value is -1.46. The van der Waals surface area contributed by atoms with Gasteiger partial charge in [0.2, 0.25) is 5.16 Å². The van der Waals surface area contributed by atoms with Gasteiger partial charge in [-0.1, -0.05) is 49.6 Å². The summed E-state index contributed by atoms with van der Waals surface area (Å²) in [6.07, 6.45) is 8.21.